The highest BCUT2D eigenvalue weighted by atomic mass is 32.1. The fourth-order valence-corrected chi connectivity index (χ4v) is 2.21. The topological polar surface area (TPSA) is 38.3 Å². The Morgan fingerprint density at radius 3 is 2.50 bits per heavy atom. The summed E-state index contributed by atoms with van der Waals surface area (Å²) in [6.07, 6.45) is 0. The summed E-state index contributed by atoms with van der Waals surface area (Å²) in [5.74, 6) is 0.666. The third-order valence-electron chi connectivity index (χ3n) is 3.12. The number of ether oxygens (including phenoxy) is 1. The zero-order valence-corrected chi connectivity index (χ0v) is 12.6. The van der Waals surface area contributed by atoms with Gasteiger partial charge in [0.25, 0.3) is 5.91 Å². The lowest BCUT2D eigenvalue weighted by Gasteiger charge is -2.10. The molecule has 0 heterocycles. The van der Waals surface area contributed by atoms with Gasteiger partial charge in [-0.05, 0) is 55.3 Å². The summed E-state index contributed by atoms with van der Waals surface area (Å²) < 4.78 is 5.20. The number of methoxy groups -OCH3 is 1. The Kier molecular flexibility index (Phi) is 4.35. The van der Waals surface area contributed by atoms with Crippen LogP contribution < -0.4 is 10.1 Å². The van der Waals surface area contributed by atoms with E-state index in [1.165, 1.54) is 0 Å². The van der Waals surface area contributed by atoms with E-state index in [4.69, 9.17) is 4.74 Å². The van der Waals surface area contributed by atoms with Crippen LogP contribution in [0.1, 0.15) is 21.5 Å². The molecule has 1 amide bonds. The van der Waals surface area contributed by atoms with Gasteiger partial charge in [0, 0.05) is 16.1 Å². The number of anilines is 1. The Labute approximate surface area is 124 Å². The van der Waals surface area contributed by atoms with E-state index in [0.29, 0.717) is 5.56 Å². The van der Waals surface area contributed by atoms with Crippen LogP contribution >= 0.6 is 12.6 Å². The van der Waals surface area contributed by atoms with Crippen LogP contribution in [0.5, 0.6) is 5.75 Å². The summed E-state index contributed by atoms with van der Waals surface area (Å²) in [6.45, 7) is 3.84. The van der Waals surface area contributed by atoms with E-state index in [1.54, 1.807) is 13.2 Å². The largest absolute Gasteiger partial charge is 0.496 e. The summed E-state index contributed by atoms with van der Waals surface area (Å²) >= 11 is 4.27. The standard InChI is InChI=1S/C16H17NO2S/c1-10-4-6-13(20)9-14(10)16(18)17-12-5-7-15(19-3)11(2)8-12/h4-9,20H,1-3H3,(H,17,18). The van der Waals surface area contributed by atoms with Crippen LogP contribution in [-0.4, -0.2) is 13.0 Å². The van der Waals surface area contributed by atoms with Crippen molar-refractivity contribution in [2.75, 3.05) is 12.4 Å². The molecule has 1 N–H and O–H groups in total. The maximum Gasteiger partial charge on any atom is 0.255 e. The summed E-state index contributed by atoms with van der Waals surface area (Å²) in [5, 5.41) is 2.89. The van der Waals surface area contributed by atoms with Crippen molar-refractivity contribution in [3.63, 3.8) is 0 Å². The summed E-state index contributed by atoms with van der Waals surface area (Å²) in [7, 11) is 1.63. The number of rotatable bonds is 3. The molecule has 0 unspecified atom stereocenters. The van der Waals surface area contributed by atoms with E-state index in [1.807, 2.05) is 44.2 Å². The first kappa shape index (κ1) is 14.5. The van der Waals surface area contributed by atoms with Gasteiger partial charge in [0.2, 0.25) is 0 Å². The van der Waals surface area contributed by atoms with Gasteiger partial charge in [-0.25, -0.2) is 0 Å². The molecule has 0 atom stereocenters. The highest BCUT2D eigenvalue weighted by Gasteiger charge is 2.10. The normalized spacial score (nSPS) is 10.2. The Morgan fingerprint density at radius 1 is 1.10 bits per heavy atom. The fraction of sp³-hybridized carbons (Fsp3) is 0.188. The van der Waals surface area contributed by atoms with Crippen LogP contribution in [0, 0.1) is 13.8 Å². The molecule has 2 rings (SSSR count). The molecule has 0 bridgehead atoms. The molecule has 0 aliphatic heterocycles. The first-order valence-corrected chi connectivity index (χ1v) is 6.71. The first-order chi connectivity index (χ1) is 9.51. The molecule has 3 nitrogen and oxygen atoms in total. The van der Waals surface area contributed by atoms with Crippen LogP contribution in [0.2, 0.25) is 0 Å². The van der Waals surface area contributed by atoms with Crippen LogP contribution in [0.3, 0.4) is 0 Å². The molecule has 104 valence electrons. The van der Waals surface area contributed by atoms with Crippen molar-refractivity contribution in [3.05, 3.63) is 53.1 Å². The highest BCUT2D eigenvalue weighted by Crippen LogP contribution is 2.22. The molecule has 0 saturated heterocycles. The third kappa shape index (κ3) is 3.14. The minimum absolute atomic E-state index is 0.136. The van der Waals surface area contributed by atoms with Gasteiger partial charge < -0.3 is 10.1 Å². The van der Waals surface area contributed by atoms with Crippen molar-refractivity contribution in [3.8, 4) is 5.75 Å². The Balaban J connectivity index is 2.23. The van der Waals surface area contributed by atoms with Gasteiger partial charge in [0.15, 0.2) is 0 Å². The van der Waals surface area contributed by atoms with E-state index >= 15 is 0 Å². The number of nitrogens with one attached hydrogen (secondary N) is 1. The molecule has 4 heteroatoms. The molecule has 2 aromatic carbocycles. The highest BCUT2D eigenvalue weighted by molar-refractivity contribution is 7.80. The van der Waals surface area contributed by atoms with Crippen molar-refractivity contribution < 1.29 is 9.53 Å². The van der Waals surface area contributed by atoms with Crippen molar-refractivity contribution >= 4 is 24.2 Å². The molecule has 0 aromatic heterocycles. The molecule has 0 radical (unpaired) electrons. The number of benzene rings is 2. The van der Waals surface area contributed by atoms with Crippen molar-refractivity contribution in [1.29, 1.82) is 0 Å². The van der Waals surface area contributed by atoms with Gasteiger partial charge in [0.1, 0.15) is 5.75 Å². The van der Waals surface area contributed by atoms with Gasteiger partial charge in [-0.15, -0.1) is 12.6 Å². The number of hydrogen-bond acceptors (Lipinski definition) is 3. The Bertz CT molecular complexity index is 653. The molecule has 0 fully saturated rings. The minimum atomic E-state index is -0.136. The third-order valence-corrected chi connectivity index (χ3v) is 3.40. The molecule has 0 aliphatic rings. The molecule has 2 aromatic rings. The molecule has 0 saturated carbocycles. The number of hydrogen-bond donors (Lipinski definition) is 2. The molecule has 20 heavy (non-hydrogen) atoms. The lowest BCUT2D eigenvalue weighted by atomic mass is 10.1. The SMILES string of the molecule is COc1ccc(NC(=O)c2cc(S)ccc2C)cc1C. The smallest absolute Gasteiger partial charge is 0.255 e. The predicted molar refractivity (Wildman–Crippen MR) is 84.1 cm³/mol. The number of carbonyl (C=O) groups is 1. The quantitative estimate of drug-likeness (QED) is 0.841. The van der Waals surface area contributed by atoms with Crippen LogP contribution in [0.4, 0.5) is 5.69 Å². The van der Waals surface area contributed by atoms with Crippen LogP contribution in [-0.2, 0) is 0 Å². The van der Waals surface area contributed by atoms with Crippen molar-refractivity contribution in [1.82, 2.24) is 0 Å². The Hall–Kier alpha value is -1.94. The van der Waals surface area contributed by atoms with Gasteiger partial charge in [-0.2, -0.15) is 0 Å². The predicted octanol–water partition coefficient (Wildman–Crippen LogP) is 3.85. The molecular formula is C16H17NO2S. The fourth-order valence-electron chi connectivity index (χ4n) is 2.01. The van der Waals surface area contributed by atoms with Gasteiger partial charge in [-0.1, -0.05) is 6.07 Å². The monoisotopic (exact) mass is 287 g/mol. The summed E-state index contributed by atoms with van der Waals surface area (Å²) in [6, 6.07) is 11.1. The lowest BCUT2D eigenvalue weighted by molar-refractivity contribution is 0.102. The average molecular weight is 287 g/mol. The maximum absolute atomic E-state index is 12.3. The number of aryl methyl sites for hydroxylation is 2. The first-order valence-electron chi connectivity index (χ1n) is 6.27. The number of thiol groups is 1. The van der Waals surface area contributed by atoms with Gasteiger partial charge in [-0.3, -0.25) is 4.79 Å². The second-order valence-corrected chi connectivity index (χ2v) is 5.15. The second-order valence-electron chi connectivity index (χ2n) is 4.64. The van der Waals surface area contributed by atoms with E-state index in [9.17, 15) is 4.79 Å². The van der Waals surface area contributed by atoms with E-state index in [0.717, 1.165) is 27.5 Å². The maximum atomic E-state index is 12.3. The summed E-state index contributed by atoms with van der Waals surface area (Å²) in [5.41, 5.74) is 3.28. The van der Waals surface area contributed by atoms with E-state index in [-0.39, 0.29) is 5.91 Å². The van der Waals surface area contributed by atoms with Crippen LogP contribution in [0.15, 0.2) is 41.3 Å². The van der Waals surface area contributed by atoms with Gasteiger partial charge in [0.05, 0.1) is 7.11 Å². The van der Waals surface area contributed by atoms with E-state index in [2.05, 4.69) is 17.9 Å². The average Bonchev–Trinajstić information content (AvgIpc) is 2.41. The zero-order valence-electron chi connectivity index (χ0n) is 11.7. The van der Waals surface area contributed by atoms with E-state index < -0.39 is 0 Å². The van der Waals surface area contributed by atoms with Crippen LogP contribution in [0.25, 0.3) is 0 Å². The van der Waals surface area contributed by atoms with Crippen molar-refractivity contribution in [2.45, 2.75) is 18.7 Å². The number of amides is 1. The zero-order chi connectivity index (χ0) is 14.7. The van der Waals surface area contributed by atoms with Crippen molar-refractivity contribution in [2.24, 2.45) is 0 Å². The minimum Gasteiger partial charge on any atom is -0.496 e. The Morgan fingerprint density at radius 2 is 1.85 bits per heavy atom. The molecule has 0 aliphatic carbocycles. The summed E-state index contributed by atoms with van der Waals surface area (Å²) in [4.78, 5) is 13.0. The molecule has 0 spiro atoms. The van der Waals surface area contributed by atoms with Gasteiger partial charge >= 0.3 is 0 Å². The lowest BCUT2D eigenvalue weighted by Crippen LogP contribution is -2.13. The second kappa shape index (κ2) is 6.01. The molecular weight excluding hydrogens is 270 g/mol. The number of carbonyl (C=O) groups excluding carboxylic acids is 1.